The quantitative estimate of drug-likeness (QED) is 0.728. The summed E-state index contributed by atoms with van der Waals surface area (Å²) in [6.45, 7) is 5.67. The molecule has 0 aliphatic carbocycles. The Morgan fingerprint density at radius 1 is 1.19 bits per heavy atom. The van der Waals surface area contributed by atoms with Crippen LogP contribution in [-0.2, 0) is 0 Å². The molecule has 0 aliphatic heterocycles. The molecule has 0 radical (unpaired) electrons. The molecule has 0 unspecified atom stereocenters. The van der Waals surface area contributed by atoms with Crippen molar-refractivity contribution in [2.24, 2.45) is 5.73 Å². The van der Waals surface area contributed by atoms with Gasteiger partial charge in [-0.2, -0.15) is 0 Å². The van der Waals surface area contributed by atoms with E-state index in [1.807, 2.05) is 32.9 Å². The molecule has 2 aromatic heterocycles. The van der Waals surface area contributed by atoms with E-state index in [1.54, 1.807) is 25.4 Å². The van der Waals surface area contributed by atoms with Gasteiger partial charge in [-0.1, -0.05) is 11.2 Å². The fourth-order valence-electron chi connectivity index (χ4n) is 2.79. The largest absolute Gasteiger partial charge is 0.480 e. The summed E-state index contributed by atoms with van der Waals surface area (Å²) in [7, 11) is 1.55. The number of aromatic nitrogens is 2. The number of carbonyl (C=O) groups excluding carboxylic acids is 1. The van der Waals surface area contributed by atoms with Gasteiger partial charge in [0.2, 0.25) is 11.8 Å². The first-order valence-corrected chi connectivity index (χ1v) is 8.05. The maximum absolute atomic E-state index is 11.5. The number of benzene rings is 1. The highest BCUT2D eigenvalue weighted by atomic mass is 16.5. The van der Waals surface area contributed by atoms with Crippen LogP contribution < -0.4 is 15.8 Å². The molecule has 0 atom stereocenters. The normalized spacial score (nSPS) is 10.6. The van der Waals surface area contributed by atoms with Crippen molar-refractivity contribution in [1.82, 2.24) is 10.1 Å². The lowest BCUT2D eigenvalue weighted by Crippen LogP contribution is -2.11. The number of methoxy groups -OCH3 is 1. The van der Waals surface area contributed by atoms with Crippen LogP contribution in [0.25, 0.3) is 11.1 Å². The molecule has 2 heterocycles. The number of nitrogens with zero attached hydrogens (tertiary/aromatic N) is 2. The average Bonchev–Trinajstić information content (AvgIpc) is 2.95. The van der Waals surface area contributed by atoms with E-state index < -0.39 is 5.91 Å². The molecule has 0 saturated heterocycles. The molecule has 1 amide bonds. The maximum atomic E-state index is 11.5. The minimum atomic E-state index is -0.484. The van der Waals surface area contributed by atoms with E-state index in [9.17, 15) is 4.79 Å². The van der Waals surface area contributed by atoms with E-state index in [2.05, 4.69) is 15.5 Å². The number of hydrogen-bond acceptors (Lipinski definition) is 6. The second kappa shape index (κ2) is 6.87. The second-order valence-corrected chi connectivity index (χ2v) is 6.00. The Morgan fingerprint density at radius 3 is 2.58 bits per heavy atom. The number of aryl methyl sites for hydroxylation is 3. The first kappa shape index (κ1) is 17.5. The van der Waals surface area contributed by atoms with Crippen LogP contribution in [0.15, 0.2) is 35.0 Å². The number of amides is 1. The van der Waals surface area contributed by atoms with E-state index in [4.69, 9.17) is 15.0 Å². The highest BCUT2D eigenvalue weighted by molar-refractivity contribution is 5.94. The highest BCUT2D eigenvalue weighted by Crippen LogP contribution is 2.34. The lowest BCUT2D eigenvalue weighted by Gasteiger charge is -2.14. The molecule has 1 aromatic carbocycles. The van der Waals surface area contributed by atoms with Crippen LogP contribution in [0.1, 0.15) is 27.4 Å². The van der Waals surface area contributed by atoms with Crippen LogP contribution in [-0.4, -0.2) is 23.2 Å². The molecule has 0 fully saturated rings. The molecule has 3 aromatic rings. The van der Waals surface area contributed by atoms with Crippen LogP contribution in [0, 0.1) is 20.8 Å². The molecule has 0 bridgehead atoms. The zero-order valence-electron chi connectivity index (χ0n) is 15.1. The van der Waals surface area contributed by atoms with E-state index >= 15 is 0 Å². The van der Waals surface area contributed by atoms with Crippen LogP contribution >= 0.6 is 0 Å². The summed E-state index contributed by atoms with van der Waals surface area (Å²) in [5.41, 5.74) is 10.7. The van der Waals surface area contributed by atoms with Gasteiger partial charge in [0, 0.05) is 28.6 Å². The Labute approximate surface area is 151 Å². The van der Waals surface area contributed by atoms with Gasteiger partial charge in [-0.3, -0.25) is 4.79 Å². The van der Waals surface area contributed by atoms with E-state index in [0.29, 0.717) is 22.9 Å². The molecule has 7 nitrogen and oxygen atoms in total. The number of hydrogen-bond donors (Lipinski definition) is 2. The minimum Gasteiger partial charge on any atom is -0.480 e. The van der Waals surface area contributed by atoms with Crippen molar-refractivity contribution in [3.8, 4) is 17.0 Å². The van der Waals surface area contributed by atoms with Crippen molar-refractivity contribution in [2.45, 2.75) is 20.8 Å². The molecule has 134 valence electrons. The number of pyridine rings is 1. The third kappa shape index (κ3) is 3.23. The molecule has 3 rings (SSSR count). The monoisotopic (exact) mass is 352 g/mol. The van der Waals surface area contributed by atoms with E-state index in [-0.39, 0.29) is 0 Å². The Hall–Kier alpha value is -3.35. The number of rotatable bonds is 5. The Balaban J connectivity index is 2.06. The van der Waals surface area contributed by atoms with Gasteiger partial charge in [-0.05, 0) is 44.5 Å². The molecule has 0 spiro atoms. The van der Waals surface area contributed by atoms with Crippen LogP contribution in [0.2, 0.25) is 0 Å². The summed E-state index contributed by atoms with van der Waals surface area (Å²) in [6.07, 6.45) is 1.71. The van der Waals surface area contributed by atoms with Crippen LogP contribution in [0.5, 0.6) is 5.88 Å². The van der Waals surface area contributed by atoms with Crippen molar-refractivity contribution >= 4 is 17.3 Å². The zero-order valence-corrected chi connectivity index (χ0v) is 15.1. The molecule has 0 saturated carbocycles. The van der Waals surface area contributed by atoms with Crippen LogP contribution in [0.4, 0.5) is 11.4 Å². The van der Waals surface area contributed by atoms with Gasteiger partial charge in [0.25, 0.3) is 0 Å². The molecule has 7 heteroatoms. The number of anilines is 2. The fourth-order valence-corrected chi connectivity index (χ4v) is 2.79. The Morgan fingerprint density at radius 2 is 1.96 bits per heavy atom. The summed E-state index contributed by atoms with van der Waals surface area (Å²) in [5, 5.41) is 7.27. The van der Waals surface area contributed by atoms with Crippen molar-refractivity contribution in [2.75, 3.05) is 12.4 Å². The van der Waals surface area contributed by atoms with Crippen molar-refractivity contribution in [3.05, 3.63) is 53.0 Å². The number of ether oxygens (including phenoxy) is 1. The van der Waals surface area contributed by atoms with E-state index in [0.717, 1.165) is 28.1 Å². The summed E-state index contributed by atoms with van der Waals surface area (Å²) in [5.74, 6) is 0.666. The topological polar surface area (TPSA) is 103 Å². The minimum absolute atomic E-state index is 0.423. The average molecular weight is 352 g/mol. The first-order valence-electron chi connectivity index (χ1n) is 8.05. The standard InChI is InChI=1S/C19H20N4O3/c1-10-5-6-13(18(20)24)7-15(10)22-16-8-14(9-21-19(16)25-4)17-11(2)23-26-12(17)3/h5-9,22H,1-4H3,(H2,20,24). The molecular formula is C19H20N4O3. The molecular weight excluding hydrogens is 332 g/mol. The Kier molecular flexibility index (Phi) is 4.62. The van der Waals surface area contributed by atoms with Crippen molar-refractivity contribution in [3.63, 3.8) is 0 Å². The second-order valence-electron chi connectivity index (χ2n) is 6.00. The maximum Gasteiger partial charge on any atom is 0.248 e. The van der Waals surface area contributed by atoms with Gasteiger partial charge in [-0.15, -0.1) is 0 Å². The number of nitrogens with one attached hydrogen (secondary N) is 1. The van der Waals surface area contributed by atoms with Gasteiger partial charge in [0.15, 0.2) is 0 Å². The summed E-state index contributed by atoms with van der Waals surface area (Å²) < 4.78 is 10.6. The van der Waals surface area contributed by atoms with Gasteiger partial charge in [-0.25, -0.2) is 4.98 Å². The lowest BCUT2D eigenvalue weighted by atomic mass is 10.1. The van der Waals surface area contributed by atoms with Gasteiger partial charge in [0.05, 0.1) is 12.8 Å². The highest BCUT2D eigenvalue weighted by Gasteiger charge is 2.16. The van der Waals surface area contributed by atoms with Crippen LogP contribution in [0.3, 0.4) is 0 Å². The van der Waals surface area contributed by atoms with Crippen molar-refractivity contribution < 1.29 is 14.1 Å². The summed E-state index contributed by atoms with van der Waals surface area (Å²) in [4.78, 5) is 15.8. The number of primary amides is 1. The first-order chi connectivity index (χ1) is 12.4. The third-order valence-electron chi connectivity index (χ3n) is 4.16. The molecule has 0 aliphatic rings. The molecule has 3 N–H and O–H groups in total. The SMILES string of the molecule is COc1ncc(-c2c(C)noc2C)cc1Nc1cc(C(N)=O)ccc1C. The summed E-state index contributed by atoms with van der Waals surface area (Å²) in [6, 6.07) is 7.15. The zero-order chi connectivity index (χ0) is 18.8. The lowest BCUT2D eigenvalue weighted by molar-refractivity contribution is 0.100. The summed E-state index contributed by atoms with van der Waals surface area (Å²) >= 11 is 0. The smallest absolute Gasteiger partial charge is 0.248 e. The third-order valence-corrected chi connectivity index (χ3v) is 4.16. The van der Waals surface area contributed by atoms with Gasteiger partial charge >= 0.3 is 0 Å². The van der Waals surface area contributed by atoms with Gasteiger partial charge < -0.3 is 20.3 Å². The number of nitrogens with two attached hydrogens (primary N) is 1. The Bertz CT molecular complexity index is 959. The predicted octanol–water partition coefficient (Wildman–Crippen LogP) is 3.51. The number of carbonyl (C=O) groups is 1. The fraction of sp³-hybridized carbons (Fsp3) is 0.211. The van der Waals surface area contributed by atoms with E-state index in [1.165, 1.54) is 0 Å². The molecule has 26 heavy (non-hydrogen) atoms. The predicted molar refractivity (Wildman–Crippen MR) is 98.7 cm³/mol. The van der Waals surface area contributed by atoms with Crippen molar-refractivity contribution in [1.29, 1.82) is 0 Å². The van der Waals surface area contributed by atoms with Gasteiger partial charge in [0.1, 0.15) is 11.4 Å².